The van der Waals surface area contributed by atoms with E-state index in [2.05, 4.69) is 25.8 Å². The zero-order valence-electron chi connectivity index (χ0n) is 12.5. The lowest BCUT2D eigenvalue weighted by atomic mass is 9.84. The molecule has 2 aliphatic rings. The summed E-state index contributed by atoms with van der Waals surface area (Å²) in [4.78, 5) is 27.5. The Morgan fingerprint density at radius 2 is 2.32 bits per heavy atom. The maximum Gasteiger partial charge on any atom is 0.321 e. The van der Waals surface area contributed by atoms with Crippen LogP contribution in [0.15, 0.2) is 11.5 Å². The number of aromatic nitrogens is 3. The first kappa shape index (κ1) is 15.3. The lowest BCUT2D eigenvalue weighted by molar-refractivity contribution is -0.117. The van der Waals surface area contributed by atoms with E-state index >= 15 is 0 Å². The van der Waals surface area contributed by atoms with Crippen LogP contribution in [0.1, 0.15) is 32.6 Å². The van der Waals surface area contributed by atoms with Crippen molar-refractivity contribution in [2.24, 2.45) is 17.8 Å². The molecule has 0 saturated heterocycles. The molecule has 1 heterocycles. The Morgan fingerprint density at radius 1 is 1.45 bits per heavy atom. The van der Waals surface area contributed by atoms with E-state index in [1.807, 2.05) is 6.92 Å². The van der Waals surface area contributed by atoms with Crippen molar-refractivity contribution >= 4 is 23.7 Å². The maximum absolute atomic E-state index is 11.9. The van der Waals surface area contributed by atoms with Gasteiger partial charge in [0.25, 0.3) is 0 Å². The molecule has 2 aliphatic carbocycles. The third kappa shape index (κ3) is 3.60. The standard InChI is InChI=1S/C14H21N5O2S/c1-8(11-5-9-2-3-10(11)4-9)17-13(21)18-12(20)6-22-14-15-7-16-19-14/h7-11H,2-6H2,1H3,(H,15,16,19)(H2,17,18,20,21)/t8-,9-,10-,11-/m0/s1. The van der Waals surface area contributed by atoms with Crippen molar-refractivity contribution in [1.82, 2.24) is 25.8 Å². The number of hydrogen-bond donors (Lipinski definition) is 3. The van der Waals surface area contributed by atoms with E-state index in [1.54, 1.807) is 0 Å². The quantitative estimate of drug-likeness (QED) is 0.714. The normalized spacial score (nSPS) is 27.6. The van der Waals surface area contributed by atoms with Crippen LogP contribution < -0.4 is 10.6 Å². The van der Waals surface area contributed by atoms with E-state index in [4.69, 9.17) is 0 Å². The fourth-order valence-electron chi connectivity index (χ4n) is 3.82. The summed E-state index contributed by atoms with van der Waals surface area (Å²) in [6.45, 7) is 2.04. The van der Waals surface area contributed by atoms with Crippen LogP contribution >= 0.6 is 11.8 Å². The molecule has 3 rings (SSSR count). The van der Waals surface area contributed by atoms with Crippen LogP contribution in [0.4, 0.5) is 4.79 Å². The zero-order valence-corrected chi connectivity index (χ0v) is 13.4. The highest BCUT2D eigenvalue weighted by atomic mass is 32.2. The van der Waals surface area contributed by atoms with Gasteiger partial charge in [-0.3, -0.25) is 15.2 Å². The Labute approximate surface area is 133 Å². The van der Waals surface area contributed by atoms with Gasteiger partial charge in [-0.25, -0.2) is 9.78 Å². The van der Waals surface area contributed by atoms with Crippen molar-refractivity contribution in [3.8, 4) is 0 Å². The number of hydrogen-bond acceptors (Lipinski definition) is 5. The van der Waals surface area contributed by atoms with E-state index in [0.717, 1.165) is 11.8 Å². The molecule has 0 unspecified atom stereocenters. The molecule has 4 atom stereocenters. The Kier molecular flexibility index (Phi) is 4.66. The third-order valence-corrected chi connectivity index (χ3v) is 5.66. The van der Waals surface area contributed by atoms with E-state index in [0.29, 0.717) is 11.1 Å². The molecule has 0 spiro atoms. The number of thioether (sulfide) groups is 1. The predicted molar refractivity (Wildman–Crippen MR) is 82.2 cm³/mol. The summed E-state index contributed by atoms with van der Waals surface area (Å²) in [5.74, 6) is 1.95. The first-order valence-corrected chi connectivity index (χ1v) is 8.69. The highest BCUT2D eigenvalue weighted by molar-refractivity contribution is 7.99. The molecule has 2 saturated carbocycles. The molecule has 120 valence electrons. The fraction of sp³-hybridized carbons (Fsp3) is 0.714. The zero-order chi connectivity index (χ0) is 15.5. The minimum atomic E-state index is -0.404. The second-order valence-electron chi connectivity index (χ2n) is 6.23. The largest absolute Gasteiger partial charge is 0.335 e. The van der Waals surface area contributed by atoms with Gasteiger partial charge in [0.2, 0.25) is 5.91 Å². The van der Waals surface area contributed by atoms with Gasteiger partial charge >= 0.3 is 6.03 Å². The average Bonchev–Trinajstić information content (AvgIpc) is 3.22. The van der Waals surface area contributed by atoms with Crippen LogP contribution in [0.25, 0.3) is 0 Å². The number of carbonyl (C=O) groups excluding carboxylic acids is 2. The number of H-pyrrole nitrogens is 1. The van der Waals surface area contributed by atoms with Crippen molar-refractivity contribution < 1.29 is 9.59 Å². The lowest BCUT2D eigenvalue weighted by Gasteiger charge is -2.28. The van der Waals surface area contributed by atoms with Gasteiger partial charge in [0, 0.05) is 6.04 Å². The molecular weight excluding hydrogens is 302 g/mol. The molecule has 1 aromatic rings. The second kappa shape index (κ2) is 6.68. The molecule has 2 fully saturated rings. The van der Waals surface area contributed by atoms with Crippen molar-refractivity contribution in [3.63, 3.8) is 0 Å². The summed E-state index contributed by atoms with van der Waals surface area (Å²) in [5.41, 5.74) is 0. The number of aromatic amines is 1. The minimum absolute atomic E-state index is 0.116. The third-order valence-electron chi connectivity index (χ3n) is 4.78. The van der Waals surface area contributed by atoms with Gasteiger partial charge in [-0.15, -0.1) is 0 Å². The fourth-order valence-corrected chi connectivity index (χ4v) is 4.40. The lowest BCUT2D eigenvalue weighted by Crippen LogP contribution is -2.47. The molecule has 0 radical (unpaired) electrons. The summed E-state index contributed by atoms with van der Waals surface area (Å²) in [6, 6.07) is -0.288. The molecule has 0 aliphatic heterocycles. The van der Waals surface area contributed by atoms with Crippen LogP contribution in [0.3, 0.4) is 0 Å². The number of nitrogens with one attached hydrogen (secondary N) is 3. The molecule has 2 bridgehead atoms. The summed E-state index contributed by atoms with van der Waals surface area (Å²) in [6.07, 6.45) is 6.53. The molecule has 1 aromatic heterocycles. The van der Waals surface area contributed by atoms with Gasteiger partial charge in [0.15, 0.2) is 5.16 Å². The molecule has 8 heteroatoms. The van der Waals surface area contributed by atoms with Gasteiger partial charge < -0.3 is 5.32 Å². The topological polar surface area (TPSA) is 99.8 Å². The number of carbonyl (C=O) groups is 2. The molecular formula is C14H21N5O2S. The Hall–Kier alpha value is -1.57. The maximum atomic E-state index is 11.9. The van der Waals surface area contributed by atoms with Crippen LogP contribution in [0, 0.1) is 17.8 Å². The SMILES string of the molecule is C[C@H](NC(=O)NC(=O)CSc1ncn[nH]1)[C@@H]1C[C@H]2CC[C@H]1C2. The van der Waals surface area contributed by atoms with E-state index < -0.39 is 6.03 Å². The number of amides is 3. The Balaban J connectivity index is 1.39. The van der Waals surface area contributed by atoms with Crippen molar-refractivity contribution in [3.05, 3.63) is 6.33 Å². The first-order chi connectivity index (χ1) is 10.6. The summed E-state index contributed by atoms with van der Waals surface area (Å²) < 4.78 is 0. The molecule has 3 amide bonds. The molecule has 3 N–H and O–H groups in total. The number of imide groups is 1. The van der Waals surface area contributed by atoms with Crippen molar-refractivity contribution in [1.29, 1.82) is 0 Å². The predicted octanol–water partition coefficient (Wildman–Crippen LogP) is 1.55. The summed E-state index contributed by atoms with van der Waals surface area (Å²) in [5, 5.41) is 12.2. The number of fused-ring (bicyclic) bond motifs is 2. The number of rotatable bonds is 5. The van der Waals surface area contributed by atoms with Crippen LogP contribution in [0.2, 0.25) is 0 Å². The monoisotopic (exact) mass is 323 g/mol. The number of nitrogens with zero attached hydrogens (tertiary/aromatic N) is 2. The highest BCUT2D eigenvalue weighted by Crippen LogP contribution is 2.49. The Bertz CT molecular complexity index is 535. The van der Waals surface area contributed by atoms with E-state index in [9.17, 15) is 9.59 Å². The smallest absolute Gasteiger partial charge is 0.321 e. The molecule has 0 aromatic carbocycles. The van der Waals surface area contributed by atoms with E-state index in [-0.39, 0.29) is 17.7 Å². The molecule has 7 nitrogen and oxygen atoms in total. The molecule has 22 heavy (non-hydrogen) atoms. The minimum Gasteiger partial charge on any atom is -0.335 e. The van der Waals surface area contributed by atoms with Crippen LogP contribution in [-0.2, 0) is 4.79 Å². The van der Waals surface area contributed by atoms with E-state index in [1.165, 1.54) is 43.8 Å². The first-order valence-electron chi connectivity index (χ1n) is 7.70. The van der Waals surface area contributed by atoms with Gasteiger partial charge in [-0.2, -0.15) is 5.10 Å². The van der Waals surface area contributed by atoms with Gasteiger partial charge in [0.1, 0.15) is 6.33 Å². The summed E-state index contributed by atoms with van der Waals surface area (Å²) >= 11 is 1.21. The Morgan fingerprint density at radius 3 is 2.95 bits per heavy atom. The van der Waals surface area contributed by atoms with Gasteiger partial charge in [-0.05, 0) is 43.9 Å². The van der Waals surface area contributed by atoms with Gasteiger partial charge in [0.05, 0.1) is 5.75 Å². The van der Waals surface area contributed by atoms with Crippen molar-refractivity contribution in [2.45, 2.75) is 43.8 Å². The van der Waals surface area contributed by atoms with Crippen LogP contribution in [0.5, 0.6) is 0 Å². The summed E-state index contributed by atoms with van der Waals surface area (Å²) in [7, 11) is 0. The number of urea groups is 1. The van der Waals surface area contributed by atoms with Crippen molar-refractivity contribution in [2.75, 3.05) is 5.75 Å². The van der Waals surface area contributed by atoms with Gasteiger partial charge in [-0.1, -0.05) is 18.2 Å². The highest BCUT2D eigenvalue weighted by Gasteiger charge is 2.42. The van der Waals surface area contributed by atoms with Crippen LogP contribution in [-0.4, -0.2) is 38.9 Å². The second-order valence-corrected chi connectivity index (χ2v) is 7.19. The average molecular weight is 323 g/mol.